The van der Waals surface area contributed by atoms with Gasteiger partial charge in [-0.05, 0) is 0 Å². The zero-order valence-corrected chi connectivity index (χ0v) is 26.7. The second-order valence-electron chi connectivity index (χ2n) is 9.50. The van der Waals surface area contributed by atoms with E-state index in [2.05, 4.69) is 27.9 Å². The summed E-state index contributed by atoms with van der Waals surface area (Å²) in [7, 11) is -13.4. The minimum atomic E-state index is -3.45. The monoisotopic (exact) mass is 745 g/mol. The van der Waals surface area contributed by atoms with E-state index in [1.165, 1.54) is 10.9 Å². The number of rotatable bonds is 14. The van der Waals surface area contributed by atoms with Gasteiger partial charge in [0.15, 0.2) is 30.3 Å². The number of aliphatic hydroxyl groups is 3. The van der Waals surface area contributed by atoms with Crippen LogP contribution in [0.15, 0.2) is 33.0 Å². The predicted octanol–water partition coefficient (Wildman–Crippen LogP) is -0.768. The first-order valence-corrected chi connectivity index (χ1v) is 17.3. The molecule has 11 atom stereocenters. The van der Waals surface area contributed by atoms with Gasteiger partial charge < -0.3 is 30.5 Å². The third kappa shape index (κ3) is 8.29. The van der Waals surface area contributed by atoms with Crippen LogP contribution in [-0.2, 0) is 49.7 Å². The van der Waals surface area contributed by atoms with Crippen molar-refractivity contribution in [3.8, 4) is 0 Å². The highest BCUT2D eigenvalue weighted by molar-refractivity contribution is 7.56. The molecule has 252 valence electrons. The maximum atomic E-state index is 12.1. The van der Waals surface area contributed by atoms with Crippen molar-refractivity contribution in [1.29, 1.82) is 0 Å². The minimum absolute atomic E-state index is 0.0109. The van der Waals surface area contributed by atoms with Gasteiger partial charge in [-0.2, -0.15) is 4.98 Å². The molecule has 2 saturated heterocycles. The fraction of sp³-hybridized carbons (Fsp3) is 0.526. The summed E-state index contributed by atoms with van der Waals surface area (Å²) < 4.78 is 83.9. The van der Waals surface area contributed by atoms with Gasteiger partial charge in [0, 0.05) is 36.9 Å². The molecule has 0 saturated carbocycles. The van der Waals surface area contributed by atoms with E-state index in [1.807, 2.05) is 4.98 Å². The van der Waals surface area contributed by atoms with Gasteiger partial charge in [0.05, 0.1) is 12.4 Å². The summed E-state index contributed by atoms with van der Waals surface area (Å²) >= 11 is 0. The Morgan fingerprint density at radius 3 is 2.19 bits per heavy atom. The molecule has 7 N–H and O–H groups in total. The standard InChI is InChI=1S/C19H21N7O17P4/c20-18-23-15-12(16(31)24-18)21-6-26(15)11-3-7(27)8(39-11)4-37-44(33)41-46(35)43-47(36)42-45(34)38-5-9-13(29)14(30)17(40-9)25-2-1-10(28)22-19(25)32/h1-2,6-9,11,13-14,17,27,29-30H,3-5H2,(H2-2,20,22,23,24,28,31,32)/q+2/p+2/t7-,8+,9-,11+,13-,14-,17-/m1/s1. The highest BCUT2D eigenvalue weighted by atomic mass is 31.2. The molecular weight excluding hydrogens is 722 g/mol. The summed E-state index contributed by atoms with van der Waals surface area (Å²) in [6, 6.07) is 0.974. The van der Waals surface area contributed by atoms with E-state index in [9.17, 15) is 48.0 Å². The Balaban J connectivity index is 1.02. The van der Waals surface area contributed by atoms with Gasteiger partial charge in [-0.3, -0.25) is 28.7 Å². The molecule has 28 heteroatoms. The van der Waals surface area contributed by atoms with Crippen LogP contribution in [0.1, 0.15) is 18.9 Å². The quantitative estimate of drug-likeness (QED) is 0.110. The average molecular weight is 745 g/mol. The topological polar surface area (TPSA) is 338 Å². The summed E-state index contributed by atoms with van der Waals surface area (Å²) in [5.41, 5.74) is 3.41. The predicted molar refractivity (Wildman–Crippen MR) is 150 cm³/mol. The summed E-state index contributed by atoms with van der Waals surface area (Å²) in [6.07, 6.45) is -6.96. The number of hydrogen-bond acceptors (Lipinski definition) is 20. The van der Waals surface area contributed by atoms with Gasteiger partial charge in [0.2, 0.25) is 5.95 Å². The number of aromatic nitrogens is 6. The summed E-state index contributed by atoms with van der Waals surface area (Å²) in [6.45, 7) is -1.26. The van der Waals surface area contributed by atoms with Gasteiger partial charge in [0.1, 0.15) is 43.9 Å². The smallest absolute Gasteiger partial charge is 0.390 e. The van der Waals surface area contributed by atoms with Crippen LogP contribution in [0.25, 0.3) is 11.2 Å². The van der Waals surface area contributed by atoms with Crippen LogP contribution in [-0.4, -0.2) is 88.1 Å². The minimum Gasteiger partial charge on any atom is -0.390 e. The maximum absolute atomic E-state index is 12.1. The molecule has 0 aliphatic carbocycles. The van der Waals surface area contributed by atoms with Gasteiger partial charge >= 0.3 is 38.7 Å². The van der Waals surface area contributed by atoms with Gasteiger partial charge in [0.25, 0.3) is 11.1 Å². The van der Waals surface area contributed by atoms with Gasteiger partial charge in [-0.25, -0.2) is 9.78 Å². The number of nitrogens with one attached hydrogen (secondary N) is 2. The van der Waals surface area contributed by atoms with Crippen LogP contribution in [0.5, 0.6) is 0 Å². The molecule has 0 bridgehead atoms. The van der Waals surface area contributed by atoms with Crippen LogP contribution in [0.4, 0.5) is 5.95 Å². The van der Waals surface area contributed by atoms with Crippen molar-refractivity contribution in [1.82, 2.24) is 29.1 Å². The molecule has 2 fully saturated rings. The molecule has 47 heavy (non-hydrogen) atoms. The first-order chi connectivity index (χ1) is 22.3. The number of nitrogens with two attached hydrogens (primary N) is 1. The van der Waals surface area contributed by atoms with Crippen LogP contribution >= 0.6 is 33.0 Å². The van der Waals surface area contributed by atoms with E-state index in [0.29, 0.717) is 0 Å². The number of imidazole rings is 1. The largest absolute Gasteiger partial charge is 0.798 e. The highest BCUT2D eigenvalue weighted by Gasteiger charge is 2.56. The average Bonchev–Trinajstić information content (AvgIpc) is 3.66. The molecule has 3 aromatic rings. The first kappa shape index (κ1) is 35.1. The van der Waals surface area contributed by atoms with E-state index in [4.69, 9.17) is 24.3 Å². The maximum Gasteiger partial charge on any atom is 0.798 e. The number of H-pyrrole nitrogens is 2. The zero-order chi connectivity index (χ0) is 34.0. The third-order valence-electron chi connectivity index (χ3n) is 6.52. The second kappa shape index (κ2) is 14.9. The molecule has 0 amide bonds. The number of anilines is 1. The van der Waals surface area contributed by atoms with Crippen LogP contribution in [0.3, 0.4) is 0 Å². The Kier molecular flexibility index (Phi) is 11.2. The SMILES string of the molecule is Nc1nc2c(ncn2[C@@H]2C[C@@H](O)[C@H](CO[P+](=O)O[P+](=O)O[P+](=O)O[P+](=O)OC[C@H]3O[C@@H](n4ccc(=O)[nH]c4=O)[C@H](O)[C@@H]3O)O2)c(=O)[nH]1. The third-order valence-corrected chi connectivity index (χ3v) is 10.4. The van der Waals surface area contributed by atoms with Crippen molar-refractivity contribution in [3.63, 3.8) is 0 Å². The Morgan fingerprint density at radius 1 is 0.894 bits per heavy atom. The summed E-state index contributed by atoms with van der Waals surface area (Å²) in [4.78, 5) is 47.3. The summed E-state index contributed by atoms with van der Waals surface area (Å²) in [5.74, 6) is -0.169. The molecule has 0 radical (unpaired) electrons. The van der Waals surface area contributed by atoms with Crippen molar-refractivity contribution in [2.75, 3.05) is 18.9 Å². The van der Waals surface area contributed by atoms with Crippen LogP contribution in [0, 0.1) is 0 Å². The molecule has 0 spiro atoms. The first-order valence-electron chi connectivity index (χ1n) is 12.9. The molecule has 0 aromatic carbocycles. The van der Waals surface area contributed by atoms with E-state index >= 15 is 0 Å². The number of ether oxygens (including phenoxy) is 2. The molecule has 4 unspecified atom stereocenters. The van der Waals surface area contributed by atoms with Crippen molar-refractivity contribution >= 4 is 50.1 Å². The van der Waals surface area contributed by atoms with Crippen LogP contribution < -0.4 is 22.5 Å². The van der Waals surface area contributed by atoms with Crippen LogP contribution in [0.2, 0.25) is 0 Å². The van der Waals surface area contributed by atoms with E-state index in [-0.39, 0.29) is 23.5 Å². The molecule has 24 nitrogen and oxygen atoms in total. The lowest BCUT2D eigenvalue weighted by Crippen LogP contribution is -2.37. The van der Waals surface area contributed by atoms with Crippen molar-refractivity contribution in [2.45, 2.75) is 49.4 Å². The number of nitrogens with zero attached hydrogens (tertiary/aromatic N) is 4. The number of hydrogen-bond donors (Lipinski definition) is 6. The van der Waals surface area contributed by atoms with Gasteiger partial charge in [-0.15, -0.1) is 9.05 Å². The number of aliphatic hydroxyl groups excluding tert-OH is 3. The molecule has 2 aliphatic rings. The molecule has 3 aromatic heterocycles. The van der Waals surface area contributed by atoms with E-state index in [0.717, 1.165) is 16.8 Å². The van der Waals surface area contributed by atoms with Crippen molar-refractivity contribution < 1.29 is 65.0 Å². The lowest BCUT2D eigenvalue weighted by atomic mass is 10.1. The Labute approximate surface area is 262 Å². The van der Waals surface area contributed by atoms with E-state index < -0.39 is 106 Å². The molecule has 5 heterocycles. The lowest BCUT2D eigenvalue weighted by molar-refractivity contribution is -0.0516. The Morgan fingerprint density at radius 2 is 1.53 bits per heavy atom. The highest BCUT2D eigenvalue weighted by Crippen LogP contribution is 2.51. The summed E-state index contributed by atoms with van der Waals surface area (Å²) in [5, 5.41) is 30.7. The Hall–Kier alpha value is -3.17. The Bertz CT molecular complexity index is 1880. The zero-order valence-electron chi connectivity index (χ0n) is 23.1. The van der Waals surface area contributed by atoms with Crippen molar-refractivity contribution in [2.24, 2.45) is 0 Å². The molecular formula is C19H23N7O17P4+4. The lowest BCUT2D eigenvalue weighted by Gasteiger charge is -2.16. The van der Waals surface area contributed by atoms with E-state index in [1.54, 1.807) is 0 Å². The number of nitrogen functional groups attached to an aromatic ring is 1. The second-order valence-corrected chi connectivity index (χ2v) is 13.8. The van der Waals surface area contributed by atoms with Gasteiger partial charge in [-0.1, -0.05) is 0 Å². The normalized spacial score (nSPS) is 27.3. The number of fused-ring (bicyclic) bond motifs is 1. The molecule has 5 rings (SSSR count). The fourth-order valence-corrected chi connectivity index (χ4v) is 7.42. The number of aromatic amines is 2. The van der Waals surface area contributed by atoms with Crippen molar-refractivity contribution in [3.05, 3.63) is 49.8 Å². The fourth-order valence-electron chi connectivity index (χ4n) is 4.42. The molecule has 2 aliphatic heterocycles.